The maximum atomic E-state index is 12.3. The van der Waals surface area contributed by atoms with E-state index in [0.717, 1.165) is 11.1 Å². The molecule has 0 unspecified atom stereocenters. The van der Waals surface area contributed by atoms with E-state index in [1.165, 1.54) is 6.07 Å². The number of fused-ring (bicyclic) bond motifs is 1. The lowest BCUT2D eigenvalue weighted by molar-refractivity contribution is 0.0200. The molecule has 0 saturated carbocycles. The van der Waals surface area contributed by atoms with Crippen molar-refractivity contribution in [2.45, 2.75) is 0 Å². The number of phenolic OH excluding ortho intramolecular Hbond substituents is 1. The predicted molar refractivity (Wildman–Crippen MR) is 91.0 cm³/mol. The number of benzene rings is 3. The Hall–Kier alpha value is -3.05. The zero-order valence-electron chi connectivity index (χ0n) is 12.9. The van der Waals surface area contributed by atoms with Gasteiger partial charge in [0.05, 0.1) is 5.56 Å². The van der Waals surface area contributed by atoms with Gasteiger partial charge in [-0.1, -0.05) is 48.5 Å². The number of ether oxygens (including phenoxy) is 1. The second kappa shape index (κ2) is 7.48. The largest absolute Gasteiger partial charge is 0.507 e. The zero-order valence-corrected chi connectivity index (χ0v) is 12.9. The van der Waals surface area contributed by atoms with E-state index < -0.39 is 5.91 Å². The van der Waals surface area contributed by atoms with Gasteiger partial charge in [-0.05, 0) is 29.0 Å². The fourth-order valence-electron chi connectivity index (χ4n) is 2.38. The van der Waals surface area contributed by atoms with Gasteiger partial charge in [-0.25, -0.2) is 5.48 Å². The molecule has 0 aliphatic carbocycles. The summed E-state index contributed by atoms with van der Waals surface area (Å²) >= 11 is 0. The molecule has 5 nitrogen and oxygen atoms in total. The summed E-state index contributed by atoms with van der Waals surface area (Å²) in [4.78, 5) is 17.4. The summed E-state index contributed by atoms with van der Waals surface area (Å²) in [5, 5.41) is 11.5. The van der Waals surface area contributed by atoms with Gasteiger partial charge in [0, 0.05) is 0 Å². The number of para-hydroxylation sites is 1. The molecular weight excluding hydrogens is 306 g/mol. The quantitative estimate of drug-likeness (QED) is 0.539. The lowest BCUT2D eigenvalue weighted by Gasteiger charge is -2.10. The van der Waals surface area contributed by atoms with Crippen LogP contribution < -0.4 is 10.2 Å². The van der Waals surface area contributed by atoms with Gasteiger partial charge in [0.2, 0.25) is 0 Å². The molecule has 0 aliphatic heterocycles. The maximum absolute atomic E-state index is 12.3. The first-order chi connectivity index (χ1) is 11.8. The molecule has 0 fully saturated rings. The highest BCUT2D eigenvalue weighted by molar-refractivity contribution is 6.09. The Balaban J connectivity index is 1.57. The number of phenols is 1. The molecule has 1 amide bonds. The average Bonchev–Trinajstić information content (AvgIpc) is 2.62. The van der Waals surface area contributed by atoms with Crippen molar-refractivity contribution in [1.29, 1.82) is 0 Å². The Morgan fingerprint density at radius 2 is 1.67 bits per heavy atom. The summed E-state index contributed by atoms with van der Waals surface area (Å²) in [5.41, 5.74) is 2.53. The molecule has 24 heavy (non-hydrogen) atoms. The first-order valence-electron chi connectivity index (χ1n) is 7.56. The molecule has 0 bridgehead atoms. The Morgan fingerprint density at radius 1 is 0.917 bits per heavy atom. The third kappa shape index (κ3) is 3.64. The highest BCUT2D eigenvalue weighted by Crippen LogP contribution is 2.26. The second-order valence-corrected chi connectivity index (χ2v) is 5.12. The summed E-state index contributed by atoms with van der Waals surface area (Å²) in [6.07, 6.45) is 0. The Kier molecular flexibility index (Phi) is 4.93. The molecule has 0 saturated heterocycles. The average molecular weight is 323 g/mol. The van der Waals surface area contributed by atoms with Crippen molar-refractivity contribution < 1.29 is 19.5 Å². The monoisotopic (exact) mass is 323 g/mol. The molecule has 0 spiro atoms. The van der Waals surface area contributed by atoms with Gasteiger partial charge in [0.1, 0.15) is 24.7 Å². The summed E-state index contributed by atoms with van der Waals surface area (Å²) in [6.45, 7) is 0.484. The van der Waals surface area contributed by atoms with E-state index in [1.54, 1.807) is 12.1 Å². The minimum atomic E-state index is -0.496. The molecule has 3 aromatic rings. The van der Waals surface area contributed by atoms with Gasteiger partial charge in [0.15, 0.2) is 0 Å². The van der Waals surface area contributed by atoms with E-state index in [1.807, 2.05) is 48.5 Å². The van der Waals surface area contributed by atoms with E-state index in [-0.39, 0.29) is 17.9 Å². The van der Waals surface area contributed by atoms with Gasteiger partial charge in [-0.2, -0.15) is 0 Å². The lowest BCUT2D eigenvalue weighted by atomic mass is 10.0. The number of nitrogens with one attached hydrogen (secondary N) is 1. The first-order valence-corrected chi connectivity index (χ1v) is 7.56. The van der Waals surface area contributed by atoms with Gasteiger partial charge >= 0.3 is 0 Å². The minimum absolute atomic E-state index is 0.0877. The summed E-state index contributed by atoms with van der Waals surface area (Å²) < 4.78 is 5.46. The van der Waals surface area contributed by atoms with Crippen LogP contribution in [-0.4, -0.2) is 24.2 Å². The van der Waals surface area contributed by atoms with E-state index in [9.17, 15) is 9.90 Å². The van der Waals surface area contributed by atoms with E-state index in [0.29, 0.717) is 12.0 Å². The third-order valence-electron chi connectivity index (χ3n) is 3.50. The van der Waals surface area contributed by atoms with Gasteiger partial charge < -0.3 is 9.84 Å². The van der Waals surface area contributed by atoms with Crippen LogP contribution >= 0.6 is 0 Å². The van der Waals surface area contributed by atoms with Crippen LogP contribution in [0.3, 0.4) is 0 Å². The van der Waals surface area contributed by atoms with Crippen molar-refractivity contribution >= 4 is 16.7 Å². The summed E-state index contributed by atoms with van der Waals surface area (Å²) in [5.74, 6) is 0.151. The first kappa shape index (κ1) is 15.8. The number of hydroxylamine groups is 1. The van der Waals surface area contributed by atoms with Crippen molar-refractivity contribution in [3.63, 3.8) is 0 Å². The molecule has 0 aliphatic rings. The number of hydrogen-bond donors (Lipinski definition) is 2. The minimum Gasteiger partial charge on any atom is -0.507 e. The van der Waals surface area contributed by atoms with Crippen LogP contribution in [0, 0.1) is 0 Å². The number of rotatable bonds is 6. The topological polar surface area (TPSA) is 67.8 Å². The number of hydrogen-bond acceptors (Lipinski definition) is 4. The molecule has 5 heteroatoms. The molecule has 0 radical (unpaired) electrons. The van der Waals surface area contributed by atoms with E-state index in [2.05, 4.69) is 5.48 Å². The molecule has 0 atom stereocenters. The van der Waals surface area contributed by atoms with Crippen molar-refractivity contribution in [3.05, 3.63) is 72.3 Å². The SMILES string of the molecule is O=C(NOCCOc1ccccc1)c1c(O)ccc2ccccc12. The summed E-state index contributed by atoms with van der Waals surface area (Å²) in [7, 11) is 0. The van der Waals surface area contributed by atoms with Crippen molar-refractivity contribution in [2.24, 2.45) is 0 Å². The smallest absolute Gasteiger partial charge is 0.279 e. The fraction of sp³-hybridized carbons (Fsp3) is 0.105. The van der Waals surface area contributed by atoms with Crippen molar-refractivity contribution in [1.82, 2.24) is 5.48 Å². The molecule has 3 aromatic carbocycles. The Labute approximate surface area is 139 Å². The number of carbonyl (C=O) groups is 1. The second-order valence-electron chi connectivity index (χ2n) is 5.12. The molecule has 0 aromatic heterocycles. The number of amides is 1. The predicted octanol–water partition coefficient (Wildman–Crippen LogP) is 3.29. The van der Waals surface area contributed by atoms with Crippen LogP contribution in [0.25, 0.3) is 10.8 Å². The van der Waals surface area contributed by atoms with Crippen LogP contribution in [0.1, 0.15) is 10.4 Å². The van der Waals surface area contributed by atoms with Crippen molar-refractivity contribution in [3.8, 4) is 11.5 Å². The molecule has 0 heterocycles. The molecule has 2 N–H and O–H groups in total. The molecule has 3 rings (SSSR count). The van der Waals surface area contributed by atoms with E-state index >= 15 is 0 Å². The van der Waals surface area contributed by atoms with Gasteiger partial charge in [-0.3, -0.25) is 9.63 Å². The highest BCUT2D eigenvalue weighted by atomic mass is 16.7. The molecule has 122 valence electrons. The molecular formula is C19H17NO4. The highest BCUT2D eigenvalue weighted by Gasteiger charge is 2.15. The van der Waals surface area contributed by atoms with Gasteiger partial charge in [0.25, 0.3) is 5.91 Å². The Morgan fingerprint density at radius 3 is 2.50 bits per heavy atom. The maximum Gasteiger partial charge on any atom is 0.279 e. The zero-order chi connectivity index (χ0) is 16.8. The van der Waals surface area contributed by atoms with Crippen LogP contribution in [0.5, 0.6) is 11.5 Å². The fourth-order valence-corrected chi connectivity index (χ4v) is 2.38. The van der Waals surface area contributed by atoms with Crippen molar-refractivity contribution in [2.75, 3.05) is 13.2 Å². The normalized spacial score (nSPS) is 10.5. The summed E-state index contributed by atoms with van der Waals surface area (Å²) in [6, 6.07) is 19.9. The van der Waals surface area contributed by atoms with E-state index in [4.69, 9.17) is 9.57 Å². The van der Waals surface area contributed by atoms with Crippen LogP contribution in [0.2, 0.25) is 0 Å². The lowest BCUT2D eigenvalue weighted by Crippen LogP contribution is -2.26. The number of carbonyl (C=O) groups excluding carboxylic acids is 1. The van der Waals surface area contributed by atoms with Crippen LogP contribution in [0.15, 0.2) is 66.7 Å². The Bertz CT molecular complexity index is 833. The van der Waals surface area contributed by atoms with Crippen LogP contribution in [-0.2, 0) is 4.84 Å². The van der Waals surface area contributed by atoms with Gasteiger partial charge in [-0.15, -0.1) is 0 Å². The standard InChI is InChI=1S/C19H17NO4/c21-17-11-10-14-6-4-5-9-16(14)18(17)19(22)20-24-13-12-23-15-7-2-1-3-8-15/h1-11,21H,12-13H2,(H,20,22). The third-order valence-corrected chi connectivity index (χ3v) is 3.50. The number of aromatic hydroxyl groups is 1. The van der Waals surface area contributed by atoms with Crippen LogP contribution in [0.4, 0.5) is 0 Å².